The summed E-state index contributed by atoms with van der Waals surface area (Å²) in [5, 5.41) is 20.6. The van der Waals surface area contributed by atoms with E-state index in [2.05, 4.69) is 0 Å². The highest BCUT2D eigenvalue weighted by molar-refractivity contribution is 5.68. The van der Waals surface area contributed by atoms with E-state index in [4.69, 9.17) is 9.47 Å². The van der Waals surface area contributed by atoms with E-state index in [1.165, 1.54) is 19.2 Å². The Morgan fingerprint density at radius 2 is 1.72 bits per heavy atom. The molecule has 0 saturated heterocycles. The maximum absolute atomic E-state index is 13.9. The fourth-order valence-electron chi connectivity index (χ4n) is 3.82. The van der Waals surface area contributed by atoms with Crippen molar-refractivity contribution in [2.24, 2.45) is 0 Å². The molecule has 0 amide bonds. The lowest BCUT2D eigenvalue weighted by molar-refractivity contribution is -0.143. The van der Waals surface area contributed by atoms with Crippen LogP contribution in [0.1, 0.15) is 44.2 Å². The van der Waals surface area contributed by atoms with E-state index in [0.29, 0.717) is 17.7 Å². The monoisotopic (exact) mass is 404 g/mol. The summed E-state index contributed by atoms with van der Waals surface area (Å²) >= 11 is 0. The first kappa shape index (κ1) is 22.7. The lowest BCUT2D eigenvalue weighted by atomic mass is 9.72. The largest absolute Gasteiger partial charge is 0.497 e. The van der Waals surface area contributed by atoms with E-state index in [9.17, 15) is 19.4 Å². The highest BCUT2D eigenvalue weighted by Gasteiger charge is 2.38. The van der Waals surface area contributed by atoms with Gasteiger partial charge in [-0.15, -0.1) is 0 Å². The van der Waals surface area contributed by atoms with Crippen molar-refractivity contribution in [3.63, 3.8) is 0 Å². The van der Waals surface area contributed by atoms with Gasteiger partial charge in [-0.2, -0.15) is 0 Å². The molecule has 5 nitrogen and oxygen atoms in total. The van der Waals surface area contributed by atoms with Gasteiger partial charge in [0, 0.05) is 5.56 Å². The third kappa shape index (κ3) is 6.19. The minimum absolute atomic E-state index is 0.141. The molecule has 2 aromatic rings. The van der Waals surface area contributed by atoms with E-state index in [-0.39, 0.29) is 12.8 Å². The summed E-state index contributed by atoms with van der Waals surface area (Å²) in [5.74, 6) is -0.253. The molecule has 0 aromatic heterocycles. The van der Waals surface area contributed by atoms with E-state index < -0.39 is 29.2 Å². The summed E-state index contributed by atoms with van der Waals surface area (Å²) in [7, 11) is 3.09. The SMILES string of the molecule is COc1ccc(CCC(O)(CC(=O)O)CC(C)(C)c2cc(F)ccc2OC)cc1. The number of hydrogen-bond acceptors (Lipinski definition) is 4. The van der Waals surface area contributed by atoms with Crippen molar-refractivity contribution < 1.29 is 28.9 Å². The molecular formula is C23H29FO5. The van der Waals surface area contributed by atoms with Gasteiger partial charge in [0.2, 0.25) is 0 Å². The van der Waals surface area contributed by atoms with Crippen LogP contribution in [0.3, 0.4) is 0 Å². The zero-order valence-electron chi connectivity index (χ0n) is 17.4. The Hall–Kier alpha value is -2.60. The van der Waals surface area contributed by atoms with Gasteiger partial charge in [0.05, 0.1) is 26.2 Å². The first-order valence-corrected chi connectivity index (χ1v) is 9.50. The van der Waals surface area contributed by atoms with Gasteiger partial charge in [-0.1, -0.05) is 26.0 Å². The normalized spacial score (nSPS) is 13.6. The Balaban J connectivity index is 2.25. The number of carboxylic acid groups (broad SMARTS) is 1. The molecule has 1 atom stereocenters. The molecule has 1 unspecified atom stereocenters. The van der Waals surface area contributed by atoms with Crippen LogP contribution in [0.2, 0.25) is 0 Å². The number of carbonyl (C=O) groups is 1. The summed E-state index contributed by atoms with van der Waals surface area (Å²) in [5.41, 5.74) is -0.617. The van der Waals surface area contributed by atoms with Crippen molar-refractivity contribution in [2.75, 3.05) is 14.2 Å². The summed E-state index contributed by atoms with van der Waals surface area (Å²) < 4.78 is 24.4. The lowest BCUT2D eigenvalue weighted by Gasteiger charge is -2.36. The van der Waals surface area contributed by atoms with Crippen molar-refractivity contribution in [1.82, 2.24) is 0 Å². The molecule has 2 aromatic carbocycles. The minimum atomic E-state index is -1.47. The number of methoxy groups -OCH3 is 2. The maximum Gasteiger partial charge on any atom is 0.306 e. The number of aryl methyl sites for hydroxylation is 1. The Morgan fingerprint density at radius 1 is 1.07 bits per heavy atom. The highest BCUT2D eigenvalue weighted by atomic mass is 19.1. The fraction of sp³-hybridized carbons (Fsp3) is 0.435. The fourth-order valence-corrected chi connectivity index (χ4v) is 3.82. The van der Waals surface area contributed by atoms with Crippen LogP contribution in [0.4, 0.5) is 4.39 Å². The predicted molar refractivity (Wildman–Crippen MR) is 109 cm³/mol. The van der Waals surface area contributed by atoms with Gasteiger partial charge in [0.1, 0.15) is 17.3 Å². The summed E-state index contributed by atoms with van der Waals surface area (Å²) in [6, 6.07) is 11.7. The zero-order chi connectivity index (χ0) is 21.7. The van der Waals surface area contributed by atoms with Gasteiger partial charge in [0.15, 0.2) is 0 Å². The second-order valence-electron chi connectivity index (χ2n) is 8.05. The average molecular weight is 404 g/mol. The molecule has 0 saturated carbocycles. The van der Waals surface area contributed by atoms with E-state index in [1.54, 1.807) is 13.2 Å². The molecule has 0 aliphatic rings. The second-order valence-corrected chi connectivity index (χ2v) is 8.05. The number of rotatable bonds is 10. The van der Waals surface area contributed by atoms with Crippen LogP contribution in [0.5, 0.6) is 11.5 Å². The van der Waals surface area contributed by atoms with Gasteiger partial charge < -0.3 is 19.7 Å². The van der Waals surface area contributed by atoms with Crippen LogP contribution in [0.15, 0.2) is 42.5 Å². The van der Waals surface area contributed by atoms with Crippen LogP contribution < -0.4 is 9.47 Å². The topological polar surface area (TPSA) is 76.0 Å². The Labute approximate surface area is 171 Å². The predicted octanol–water partition coefficient (Wildman–Crippen LogP) is 4.35. The summed E-state index contributed by atoms with van der Waals surface area (Å²) in [6.45, 7) is 3.70. The molecule has 0 fully saturated rings. The van der Waals surface area contributed by atoms with Crippen LogP contribution in [0.25, 0.3) is 0 Å². The van der Waals surface area contributed by atoms with Crippen molar-refractivity contribution >= 4 is 5.97 Å². The highest BCUT2D eigenvalue weighted by Crippen LogP contribution is 2.40. The van der Waals surface area contributed by atoms with E-state index in [0.717, 1.165) is 11.3 Å². The first-order valence-electron chi connectivity index (χ1n) is 9.50. The van der Waals surface area contributed by atoms with Crippen LogP contribution >= 0.6 is 0 Å². The van der Waals surface area contributed by atoms with Gasteiger partial charge in [-0.25, -0.2) is 4.39 Å². The van der Waals surface area contributed by atoms with Crippen molar-refractivity contribution in [3.05, 3.63) is 59.4 Å². The molecule has 0 bridgehead atoms. The van der Waals surface area contributed by atoms with Crippen molar-refractivity contribution in [1.29, 1.82) is 0 Å². The number of hydrogen-bond donors (Lipinski definition) is 2. The Morgan fingerprint density at radius 3 is 2.28 bits per heavy atom. The quantitative estimate of drug-likeness (QED) is 0.616. The van der Waals surface area contributed by atoms with Gasteiger partial charge in [-0.05, 0) is 60.6 Å². The van der Waals surface area contributed by atoms with Crippen molar-refractivity contribution in [2.45, 2.75) is 50.5 Å². The number of benzene rings is 2. The Kier molecular flexibility index (Phi) is 7.25. The van der Waals surface area contributed by atoms with Crippen LogP contribution in [-0.4, -0.2) is 36.0 Å². The van der Waals surface area contributed by atoms with Crippen LogP contribution in [0, 0.1) is 5.82 Å². The number of aliphatic hydroxyl groups is 1. The molecule has 2 rings (SSSR count). The second kappa shape index (κ2) is 9.27. The van der Waals surface area contributed by atoms with Gasteiger partial charge in [0.25, 0.3) is 0 Å². The molecule has 6 heteroatoms. The molecule has 29 heavy (non-hydrogen) atoms. The smallest absolute Gasteiger partial charge is 0.306 e. The molecule has 0 aliphatic carbocycles. The van der Waals surface area contributed by atoms with Gasteiger partial charge >= 0.3 is 5.97 Å². The summed E-state index contributed by atoms with van der Waals surface area (Å²) in [4.78, 5) is 11.4. The lowest BCUT2D eigenvalue weighted by Crippen LogP contribution is -2.39. The molecule has 0 radical (unpaired) electrons. The molecular weight excluding hydrogens is 375 g/mol. The number of aliphatic carboxylic acids is 1. The zero-order valence-corrected chi connectivity index (χ0v) is 17.4. The number of carboxylic acids is 1. The molecule has 0 spiro atoms. The van der Waals surface area contributed by atoms with Gasteiger partial charge in [-0.3, -0.25) is 4.79 Å². The molecule has 0 heterocycles. The Bertz CT molecular complexity index is 832. The van der Waals surface area contributed by atoms with Crippen molar-refractivity contribution in [3.8, 4) is 11.5 Å². The average Bonchev–Trinajstić information content (AvgIpc) is 2.65. The maximum atomic E-state index is 13.9. The number of ether oxygens (including phenoxy) is 2. The molecule has 0 aliphatic heterocycles. The van der Waals surface area contributed by atoms with E-state index in [1.807, 2.05) is 38.1 Å². The van der Waals surface area contributed by atoms with Crippen LogP contribution in [-0.2, 0) is 16.6 Å². The third-order valence-corrected chi connectivity index (χ3v) is 5.18. The first-order chi connectivity index (χ1) is 13.6. The standard InChI is InChI=1S/C23H29FO5/c1-22(2,19-13-17(24)7-10-20(19)29-4)15-23(27,14-21(25)26)12-11-16-5-8-18(28-3)9-6-16/h5-10,13,27H,11-12,14-15H2,1-4H3,(H,25,26). The summed E-state index contributed by atoms with van der Waals surface area (Å²) in [6.07, 6.45) is 0.503. The minimum Gasteiger partial charge on any atom is -0.497 e. The molecule has 158 valence electrons. The molecule has 2 N–H and O–H groups in total. The number of halogens is 1. The van der Waals surface area contributed by atoms with E-state index >= 15 is 0 Å². The third-order valence-electron chi connectivity index (χ3n) is 5.18.